The van der Waals surface area contributed by atoms with Crippen LogP contribution < -0.4 is 4.74 Å². The molecular weight excluding hydrogens is 228 g/mol. The number of carbonyl (C=O) groups is 1. The molecule has 0 amide bonds. The molecule has 0 aliphatic heterocycles. The van der Waals surface area contributed by atoms with Gasteiger partial charge < -0.3 is 9.15 Å². The summed E-state index contributed by atoms with van der Waals surface area (Å²) in [5.74, 6) is 1.49. The Hall–Kier alpha value is -2.03. The Kier molecular flexibility index (Phi) is 3.82. The van der Waals surface area contributed by atoms with Gasteiger partial charge in [-0.1, -0.05) is 6.92 Å². The van der Waals surface area contributed by atoms with Gasteiger partial charge in [-0.05, 0) is 43.7 Å². The third-order valence-electron chi connectivity index (χ3n) is 2.58. The van der Waals surface area contributed by atoms with Crippen molar-refractivity contribution in [2.24, 2.45) is 0 Å². The smallest absolute Gasteiger partial charge is 0.196 e. The maximum Gasteiger partial charge on any atom is 0.196 e. The van der Waals surface area contributed by atoms with E-state index in [1.165, 1.54) is 6.26 Å². The van der Waals surface area contributed by atoms with Crippen LogP contribution in [0, 0.1) is 6.92 Å². The van der Waals surface area contributed by atoms with Gasteiger partial charge in [-0.2, -0.15) is 0 Å². The summed E-state index contributed by atoms with van der Waals surface area (Å²) in [6.07, 6.45) is 2.45. The molecule has 94 valence electrons. The van der Waals surface area contributed by atoms with E-state index in [1.807, 2.05) is 19.1 Å². The van der Waals surface area contributed by atoms with Gasteiger partial charge in [0, 0.05) is 5.56 Å². The van der Waals surface area contributed by atoms with Crippen molar-refractivity contribution in [3.8, 4) is 5.75 Å². The molecule has 0 bridgehead atoms. The molecule has 1 aromatic heterocycles. The molecule has 18 heavy (non-hydrogen) atoms. The Morgan fingerprint density at radius 3 is 2.50 bits per heavy atom. The third kappa shape index (κ3) is 2.80. The minimum absolute atomic E-state index is 0.0334. The quantitative estimate of drug-likeness (QED) is 0.754. The first-order chi connectivity index (χ1) is 8.70. The molecule has 0 aliphatic carbocycles. The molecule has 1 heterocycles. The molecule has 0 radical (unpaired) electrons. The Morgan fingerprint density at radius 1 is 1.22 bits per heavy atom. The topological polar surface area (TPSA) is 39.4 Å². The number of carbonyl (C=O) groups excluding carboxylic acids is 1. The highest BCUT2D eigenvalue weighted by atomic mass is 16.5. The average molecular weight is 244 g/mol. The monoisotopic (exact) mass is 244 g/mol. The van der Waals surface area contributed by atoms with E-state index in [1.54, 1.807) is 18.2 Å². The van der Waals surface area contributed by atoms with Gasteiger partial charge in [0.25, 0.3) is 0 Å². The number of aryl methyl sites for hydroxylation is 1. The van der Waals surface area contributed by atoms with Crippen molar-refractivity contribution in [3.63, 3.8) is 0 Å². The summed E-state index contributed by atoms with van der Waals surface area (Å²) < 4.78 is 10.6. The first-order valence-electron chi connectivity index (χ1n) is 6.03. The zero-order valence-corrected chi connectivity index (χ0v) is 10.6. The minimum atomic E-state index is -0.0334. The zero-order valence-electron chi connectivity index (χ0n) is 10.6. The van der Waals surface area contributed by atoms with Gasteiger partial charge in [0.15, 0.2) is 5.78 Å². The third-order valence-corrected chi connectivity index (χ3v) is 2.58. The predicted octanol–water partition coefficient (Wildman–Crippen LogP) is 3.61. The van der Waals surface area contributed by atoms with Gasteiger partial charge in [-0.3, -0.25) is 4.79 Å². The molecule has 0 aliphatic rings. The molecule has 0 saturated carbocycles. The van der Waals surface area contributed by atoms with Crippen LogP contribution in [0.3, 0.4) is 0 Å². The molecule has 0 saturated heterocycles. The Morgan fingerprint density at radius 2 is 1.94 bits per heavy atom. The maximum atomic E-state index is 12.1. The Bertz CT molecular complexity index is 523. The lowest BCUT2D eigenvalue weighted by atomic mass is 10.1. The van der Waals surface area contributed by atoms with Gasteiger partial charge >= 0.3 is 0 Å². The molecule has 2 aromatic rings. The Labute approximate surface area is 106 Å². The van der Waals surface area contributed by atoms with E-state index in [-0.39, 0.29) is 5.78 Å². The number of hydrogen-bond acceptors (Lipinski definition) is 3. The van der Waals surface area contributed by atoms with Crippen LogP contribution in [-0.2, 0) is 0 Å². The number of furan rings is 1. The van der Waals surface area contributed by atoms with Crippen LogP contribution in [0.15, 0.2) is 41.0 Å². The average Bonchev–Trinajstić information content (AvgIpc) is 2.83. The van der Waals surface area contributed by atoms with E-state index in [0.29, 0.717) is 17.7 Å². The second kappa shape index (κ2) is 5.54. The normalized spacial score (nSPS) is 10.3. The highest BCUT2D eigenvalue weighted by Crippen LogP contribution is 2.17. The largest absolute Gasteiger partial charge is 0.494 e. The van der Waals surface area contributed by atoms with Crippen molar-refractivity contribution in [1.29, 1.82) is 0 Å². The van der Waals surface area contributed by atoms with Crippen LogP contribution in [0.25, 0.3) is 0 Å². The van der Waals surface area contributed by atoms with Crippen LogP contribution in [0.2, 0.25) is 0 Å². The number of ether oxygens (including phenoxy) is 1. The van der Waals surface area contributed by atoms with E-state index in [0.717, 1.165) is 17.9 Å². The molecule has 3 heteroatoms. The summed E-state index contributed by atoms with van der Waals surface area (Å²) in [5.41, 5.74) is 1.22. The van der Waals surface area contributed by atoms with E-state index < -0.39 is 0 Å². The zero-order chi connectivity index (χ0) is 13.0. The van der Waals surface area contributed by atoms with Crippen molar-refractivity contribution < 1.29 is 13.9 Å². The second-order valence-electron chi connectivity index (χ2n) is 4.15. The highest BCUT2D eigenvalue weighted by Gasteiger charge is 2.11. The van der Waals surface area contributed by atoms with E-state index >= 15 is 0 Å². The standard InChI is InChI=1S/C15H16O3/c1-3-8-17-14-6-4-12(5-7-14)15(16)13-9-11(2)18-10-13/h4-7,9-10H,3,8H2,1-2H3. The van der Waals surface area contributed by atoms with Crippen LogP contribution in [0.5, 0.6) is 5.75 Å². The SMILES string of the molecule is CCCOc1ccc(C(=O)c2coc(C)c2)cc1. The number of hydrogen-bond donors (Lipinski definition) is 0. The number of ketones is 1. The lowest BCUT2D eigenvalue weighted by Crippen LogP contribution is -2.00. The van der Waals surface area contributed by atoms with E-state index in [2.05, 4.69) is 6.92 Å². The maximum absolute atomic E-state index is 12.1. The number of rotatable bonds is 5. The van der Waals surface area contributed by atoms with Gasteiger partial charge in [-0.15, -0.1) is 0 Å². The van der Waals surface area contributed by atoms with Crippen molar-refractivity contribution in [1.82, 2.24) is 0 Å². The number of benzene rings is 1. The van der Waals surface area contributed by atoms with Gasteiger partial charge in [-0.25, -0.2) is 0 Å². The van der Waals surface area contributed by atoms with Crippen molar-refractivity contribution >= 4 is 5.78 Å². The van der Waals surface area contributed by atoms with Crippen LogP contribution in [-0.4, -0.2) is 12.4 Å². The molecule has 0 spiro atoms. The summed E-state index contributed by atoms with van der Waals surface area (Å²) in [5, 5.41) is 0. The molecule has 2 rings (SSSR count). The molecule has 0 fully saturated rings. The lowest BCUT2D eigenvalue weighted by molar-refractivity contribution is 0.103. The lowest BCUT2D eigenvalue weighted by Gasteiger charge is -2.04. The molecule has 1 aromatic carbocycles. The molecule has 0 unspecified atom stereocenters. The predicted molar refractivity (Wildman–Crippen MR) is 69.1 cm³/mol. The van der Waals surface area contributed by atoms with E-state index in [4.69, 9.17) is 9.15 Å². The molecule has 0 atom stereocenters. The fourth-order valence-electron chi connectivity index (χ4n) is 1.65. The summed E-state index contributed by atoms with van der Waals surface area (Å²) in [7, 11) is 0. The van der Waals surface area contributed by atoms with Crippen LogP contribution in [0.4, 0.5) is 0 Å². The van der Waals surface area contributed by atoms with Gasteiger partial charge in [0.05, 0.1) is 12.2 Å². The van der Waals surface area contributed by atoms with Crippen LogP contribution in [0.1, 0.15) is 35.0 Å². The van der Waals surface area contributed by atoms with E-state index in [9.17, 15) is 4.79 Å². The molecule has 0 N–H and O–H groups in total. The minimum Gasteiger partial charge on any atom is -0.494 e. The second-order valence-corrected chi connectivity index (χ2v) is 4.15. The molecule has 3 nitrogen and oxygen atoms in total. The van der Waals surface area contributed by atoms with Crippen molar-refractivity contribution in [2.75, 3.05) is 6.61 Å². The summed E-state index contributed by atoms with van der Waals surface area (Å²) in [6, 6.07) is 8.92. The first-order valence-corrected chi connectivity index (χ1v) is 6.03. The van der Waals surface area contributed by atoms with Gasteiger partial charge in [0.2, 0.25) is 0 Å². The summed E-state index contributed by atoms with van der Waals surface area (Å²) in [6.45, 7) is 4.56. The summed E-state index contributed by atoms with van der Waals surface area (Å²) in [4.78, 5) is 12.1. The van der Waals surface area contributed by atoms with Crippen molar-refractivity contribution in [2.45, 2.75) is 20.3 Å². The Balaban J connectivity index is 2.12. The first kappa shape index (κ1) is 12.4. The highest BCUT2D eigenvalue weighted by molar-refractivity contribution is 6.08. The summed E-state index contributed by atoms with van der Waals surface area (Å²) >= 11 is 0. The molecular formula is C15H16O3. The fourth-order valence-corrected chi connectivity index (χ4v) is 1.65. The van der Waals surface area contributed by atoms with Crippen LogP contribution >= 0.6 is 0 Å². The van der Waals surface area contributed by atoms with Crippen molar-refractivity contribution in [3.05, 3.63) is 53.5 Å². The van der Waals surface area contributed by atoms with Gasteiger partial charge in [0.1, 0.15) is 17.8 Å². The fraction of sp³-hybridized carbons (Fsp3) is 0.267.